The fourth-order valence-corrected chi connectivity index (χ4v) is 3.24. The number of anilines is 2. The van der Waals surface area contributed by atoms with Gasteiger partial charge < -0.3 is 10.6 Å². The largest absolute Gasteiger partial charge is 0.397 e. The normalized spacial score (nSPS) is 18.6. The van der Waals surface area contributed by atoms with Crippen LogP contribution in [0.5, 0.6) is 0 Å². The smallest absolute Gasteiger partial charge is 0.143 e. The second-order valence-corrected chi connectivity index (χ2v) is 5.81. The molecule has 0 amide bonds. The van der Waals surface area contributed by atoms with Gasteiger partial charge in [0.25, 0.3) is 0 Å². The second-order valence-electron chi connectivity index (χ2n) is 4.95. The molecule has 1 saturated heterocycles. The van der Waals surface area contributed by atoms with E-state index >= 15 is 0 Å². The van der Waals surface area contributed by atoms with Crippen LogP contribution in [0.25, 0.3) is 0 Å². The predicted octanol–water partition coefficient (Wildman–Crippen LogP) is 3.44. The van der Waals surface area contributed by atoms with E-state index in [4.69, 9.17) is 5.73 Å². The molecule has 3 nitrogen and oxygen atoms in total. The van der Waals surface area contributed by atoms with Gasteiger partial charge in [0, 0.05) is 13.1 Å². The van der Waals surface area contributed by atoms with Gasteiger partial charge in [-0.25, -0.2) is 4.98 Å². The Kier molecular flexibility index (Phi) is 3.61. The molecular formula is C13H20BrN3. The van der Waals surface area contributed by atoms with Crippen LogP contribution in [-0.4, -0.2) is 18.1 Å². The third-order valence-electron chi connectivity index (χ3n) is 4.08. The lowest BCUT2D eigenvalue weighted by Crippen LogP contribution is -2.27. The van der Waals surface area contributed by atoms with Gasteiger partial charge in [0.1, 0.15) is 5.82 Å². The van der Waals surface area contributed by atoms with Crippen molar-refractivity contribution in [1.82, 2.24) is 4.98 Å². The molecule has 0 aromatic carbocycles. The standard InChI is InChI=1S/C13H20BrN3/c1-3-13(4-2)5-6-17(9-13)12-11(14)7-10(15)8-16-12/h7-8H,3-6,9,15H2,1-2H3. The minimum atomic E-state index is 0.475. The number of rotatable bonds is 3. The molecular weight excluding hydrogens is 278 g/mol. The van der Waals surface area contributed by atoms with Crippen molar-refractivity contribution in [2.75, 3.05) is 23.7 Å². The maximum atomic E-state index is 5.72. The molecule has 17 heavy (non-hydrogen) atoms. The molecule has 2 heterocycles. The van der Waals surface area contributed by atoms with E-state index in [2.05, 4.69) is 39.7 Å². The Morgan fingerprint density at radius 3 is 2.71 bits per heavy atom. The number of nitrogens with zero attached hydrogens (tertiary/aromatic N) is 2. The Morgan fingerprint density at radius 2 is 2.18 bits per heavy atom. The summed E-state index contributed by atoms with van der Waals surface area (Å²) in [5, 5.41) is 0. The average Bonchev–Trinajstić information content (AvgIpc) is 2.74. The third kappa shape index (κ3) is 2.41. The third-order valence-corrected chi connectivity index (χ3v) is 4.66. The summed E-state index contributed by atoms with van der Waals surface area (Å²) in [5.74, 6) is 1.03. The van der Waals surface area contributed by atoms with E-state index in [1.807, 2.05) is 6.07 Å². The Balaban J connectivity index is 2.20. The fraction of sp³-hybridized carbons (Fsp3) is 0.615. The van der Waals surface area contributed by atoms with Crippen molar-refractivity contribution in [3.05, 3.63) is 16.7 Å². The van der Waals surface area contributed by atoms with Crippen LogP contribution in [0.1, 0.15) is 33.1 Å². The highest BCUT2D eigenvalue weighted by Crippen LogP contribution is 2.40. The topological polar surface area (TPSA) is 42.2 Å². The lowest BCUT2D eigenvalue weighted by molar-refractivity contribution is 0.301. The molecule has 2 N–H and O–H groups in total. The molecule has 0 spiro atoms. The minimum Gasteiger partial charge on any atom is -0.397 e. The number of pyridine rings is 1. The molecule has 0 atom stereocenters. The average molecular weight is 298 g/mol. The molecule has 0 unspecified atom stereocenters. The van der Waals surface area contributed by atoms with Gasteiger partial charge in [-0.05, 0) is 46.7 Å². The summed E-state index contributed by atoms with van der Waals surface area (Å²) in [6, 6.07) is 1.93. The van der Waals surface area contributed by atoms with Gasteiger partial charge in [-0.15, -0.1) is 0 Å². The summed E-state index contributed by atoms with van der Waals surface area (Å²) in [6.45, 7) is 6.78. The summed E-state index contributed by atoms with van der Waals surface area (Å²) >= 11 is 3.55. The first kappa shape index (κ1) is 12.7. The van der Waals surface area contributed by atoms with E-state index in [0.717, 1.165) is 23.4 Å². The van der Waals surface area contributed by atoms with Crippen molar-refractivity contribution >= 4 is 27.4 Å². The number of aromatic nitrogens is 1. The van der Waals surface area contributed by atoms with Crippen LogP contribution in [0, 0.1) is 5.41 Å². The Bertz CT molecular complexity index is 402. The lowest BCUT2D eigenvalue weighted by Gasteiger charge is -2.27. The summed E-state index contributed by atoms with van der Waals surface area (Å²) in [5.41, 5.74) is 6.90. The summed E-state index contributed by atoms with van der Waals surface area (Å²) in [7, 11) is 0. The van der Waals surface area contributed by atoms with Crippen molar-refractivity contribution in [2.24, 2.45) is 5.41 Å². The van der Waals surface area contributed by atoms with Gasteiger partial charge in [-0.1, -0.05) is 13.8 Å². The van der Waals surface area contributed by atoms with Crippen LogP contribution < -0.4 is 10.6 Å². The van der Waals surface area contributed by atoms with Crippen molar-refractivity contribution in [1.29, 1.82) is 0 Å². The van der Waals surface area contributed by atoms with Crippen LogP contribution in [0.15, 0.2) is 16.7 Å². The van der Waals surface area contributed by atoms with Gasteiger partial charge in [-0.2, -0.15) is 0 Å². The highest BCUT2D eigenvalue weighted by molar-refractivity contribution is 9.10. The zero-order valence-corrected chi connectivity index (χ0v) is 12.1. The van der Waals surface area contributed by atoms with E-state index in [1.54, 1.807) is 6.20 Å². The van der Waals surface area contributed by atoms with Crippen LogP contribution in [0.4, 0.5) is 11.5 Å². The second kappa shape index (κ2) is 4.84. The molecule has 2 rings (SSSR count). The van der Waals surface area contributed by atoms with Gasteiger partial charge in [0.2, 0.25) is 0 Å². The van der Waals surface area contributed by atoms with E-state index in [-0.39, 0.29) is 0 Å². The minimum absolute atomic E-state index is 0.475. The molecule has 1 aliphatic heterocycles. The number of nitrogens with two attached hydrogens (primary N) is 1. The van der Waals surface area contributed by atoms with Crippen molar-refractivity contribution in [3.8, 4) is 0 Å². The maximum Gasteiger partial charge on any atom is 0.143 e. The Hall–Kier alpha value is -0.770. The highest BCUT2D eigenvalue weighted by atomic mass is 79.9. The predicted molar refractivity (Wildman–Crippen MR) is 76.2 cm³/mol. The first-order valence-corrected chi connectivity index (χ1v) is 7.05. The van der Waals surface area contributed by atoms with Crippen LogP contribution >= 0.6 is 15.9 Å². The first-order valence-electron chi connectivity index (χ1n) is 6.26. The number of hydrogen-bond donors (Lipinski definition) is 1. The van der Waals surface area contributed by atoms with Gasteiger partial charge in [0.05, 0.1) is 16.4 Å². The van der Waals surface area contributed by atoms with Crippen molar-refractivity contribution in [3.63, 3.8) is 0 Å². The molecule has 0 saturated carbocycles. The monoisotopic (exact) mass is 297 g/mol. The zero-order valence-electron chi connectivity index (χ0n) is 10.5. The van der Waals surface area contributed by atoms with Gasteiger partial charge in [0.15, 0.2) is 0 Å². The number of nitrogen functional groups attached to an aromatic ring is 1. The molecule has 4 heteroatoms. The first-order chi connectivity index (χ1) is 8.10. The number of halogens is 1. The van der Waals surface area contributed by atoms with Gasteiger partial charge in [-0.3, -0.25) is 0 Å². The van der Waals surface area contributed by atoms with Crippen LogP contribution in [0.2, 0.25) is 0 Å². The molecule has 0 radical (unpaired) electrons. The zero-order chi connectivity index (χ0) is 12.5. The SMILES string of the molecule is CCC1(CC)CCN(c2ncc(N)cc2Br)C1. The van der Waals surface area contributed by atoms with E-state index in [9.17, 15) is 0 Å². The van der Waals surface area contributed by atoms with Crippen LogP contribution in [-0.2, 0) is 0 Å². The Labute approximate surface area is 112 Å². The quantitative estimate of drug-likeness (QED) is 0.929. The van der Waals surface area contributed by atoms with Crippen LogP contribution in [0.3, 0.4) is 0 Å². The lowest BCUT2D eigenvalue weighted by atomic mass is 9.82. The van der Waals surface area contributed by atoms with E-state index < -0.39 is 0 Å². The summed E-state index contributed by atoms with van der Waals surface area (Å²) in [6.07, 6.45) is 5.48. The molecule has 1 aliphatic rings. The molecule has 94 valence electrons. The highest BCUT2D eigenvalue weighted by Gasteiger charge is 2.35. The summed E-state index contributed by atoms with van der Waals surface area (Å²) in [4.78, 5) is 6.82. The summed E-state index contributed by atoms with van der Waals surface area (Å²) < 4.78 is 1.00. The number of hydrogen-bond acceptors (Lipinski definition) is 3. The van der Waals surface area contributed by atoms with E-state index in [1.165, 1.54) is 19.3 Å². The molecule has 0 aliphatic carbocycles. The van der Waals surface area contributed by atoms with E-state index in [0.29, 0.717) is 11.1 Å². The fourth-order valence-electron chi connectivity index (χ4n) is 2.62. The molecule has 1 aromatic rings. The van der Waals surface area contributed by atoms with Gasteiger partial charge >= 0.3 is 0 Å². The van der Waals surface area contributed by atoms with Crippen molar-refractivity contribution in [2.45, 2.75) is 33.1 Å². The van der Waals surface area contributed by atoms with Crippen molar-refractivity contribution < 1.29 is 0 Å². The maximum absolute atomic E-state index is 5.72. The Morgan fingerprint density at radius 1 is 1.47 bits per heavy atom. The molecule has 1 fully saturated rings. The molecule has 0 bridgehead atoms. The molecule has 1 aromatic heterocycles.